The summed E-state index contributed by atoms with van der Waals surface area (Å²) in [5.74, 6) is -1.22. The molecule has 0 aliphatic rings. The van der Waals surface area contributed by atoms with Gasteiger partial charge < -0.3 is 10.1 Å². The van der Waals surface area contributed by atoms with Crippen molar-refractivity contribution in [3.8, 4) is 0 Å². The number of alkyl halides is 2. The molecule has 0 aliphatic heterocycles. The second-order valence-electron chi connectivity index (χ2n) is 2.76. The summed E-state index contributed by atoms with van der Waals surface area (Å²) >= 11 is 1.66. The highest BCUT2D eigenvalue weighted by molar-refractivity contribution is 14.1. The molecule has 0 atom stereocenters. The molecule has 0 radical (unpaired) electrons. The van der Waals surface area contributed by atoms with E-state index in [1.54, 1.807) is 22.6 Å². The molecule has 2 N–H and O–H groups in total. The number of aromatic amines is 1. The fourth-order valence-corrected chi connectivity index (χ4v) is 1.57. The zero-order valence-electron chi connectivity index (χ0n) is 7.26. The topological polar surface area (TPSA) is 70.2 Å². The van der Waals surface area contributed by atoms with Gasteiger partial charge in [0.05, 0.1) is 15.7 Å². The Kier molecular flexibility index (Phi) is 3.77. The Bertz CT molecular complexity index is 444. The quantitative estimate of drug-likeness (QED) is 0.827. The molecule has 0 aromatic carbocycles. The minimum atomic E-state index is -2.89. The molecule has 0 amide bonds. The van der Waals surface area contributed by atoms with E-state index in [1.807, 2.05) is 4.98 Å². The lowest BCUT2D eigenvalue weighted by Gasteiger charge is -2.06. The smallest absolute Gasteiger partial charge is 0.307 e. The molecule has 15 heavy (non-hydrogen) atoms. The standard InChI is InChI=1S/C8H6F2INO3/c9-7(10)6-3(2-5(13)14)1-4(11)8(15)12-6/h1,7H,2H2,(H,12,15)(H,13,14). The molecule has 0 aliphatic carbocycles. The van der Waals surface area contributed by atoms with Crippen LogP contribution in [-0.2, 0) is 11.2 Å². The van der Waals surface area contributed by atoms with Crippen molar-refractivity contribution in [1.29, 1.82) is 0 Å². The van der Waals surface area contributed by atoms with Crippen LogP contribution in [-0.4, -0.2) is 16.1 Å². The van der Waals surface area contributed by atoms with Gasteiger partial charge in [-0.25, -0.2) is 8.78 Å². The Morgan fingerprint density at radius 2 is 2.20 bits per heavy atom. The first kappa shape index (κ1) is 12.1. The van der Waals surface area contributed by atoms with Crippen LogP contribution >= 0.6 is 22.6 Å². The van der Waals surface area contributed by atoms with Crippen molar-refractivity contribution in [3.05, 3.63) is 31.2 Å². The van der Waals surface area contributed by atoms with Crippen LogP contribution in [0.2, 0.25) is 0 Å². The molecule has 82 valence electrons. The Labute approximate surface area is 96.5 Å². The number of rotatable bonds is 3. The number of hydrogen-bond acceptors (Lipinski definition) is 2. The summed E-state index contributed by atoms with van der Waals surface area (Å²) in [4.78, 5) is 23.4. The van der Waals surface area contributed by atoms with Crippen LogP contribution in [0.15, 0.2) is 10.9 Å². The van der Waals surface area contributed by atoms with E-state index < -0.39 is 30.1 Å². The number of H-pyrrole nitrogens is 1. The summed E-state index contributed by atoms with van der Waals surface area (Å²) in [6, 6.07) is 1.16. The second kappa shape index (κ2) is 4.69. The molecule has 7 heteroatoms. The Hall–Kier alpha value is -0.990. The predicted octanol–water partition coefficient (Wildman–Crippen LogP) is 1.54. The molecular weight excluding hydrogens is 323 g/mol. The minimum absolute atomic E-state index is 0.0681. The van der Waals surface area contributed by atoms with Gasteiger partial charge in [0.1, 0.15) is 0 Å². The van der Waals surface area contributed by atoms with Crippen LogP contribution in [0, 0.1) is 3.57 Å². The molecule has 0 unspecified atom stereocenters. The summed E-state index contributed by atoms with van der Waals surface area (Å²) in [7, 11) is 0. The van der Waals surface area contributed by atoms with Crippen molar-refractivity contribution in [2.24, 2.45) is 0 Å². The zero-order chi connectivity index (χ0) is 11.6. The molecular formula is C8H6F2INO3. The first-order valence-electron chi connectivity index (χ1n) is 3.83. The van der Waals surface area contributed by atoms with E-state index in [2.05, 4.69) is 0 Å². The van der Waals surface area contributed by atoms with E-state index in [-0.39, 0.29) is 9.13 Å². The maximum Gasteiger partial charge on any atom is 0.307 e. The summed E-state index contributed by atoms with van der Waals surface area (Å²) in [5, 5.41) is 8.49. The third-order valence-corrected chi connectivity index (χ3v) is 2.47. The molecule has 1 aromatic rings. The van der Waals surface area contributed by atoms with E-state index in [0.717, 1.165) is 6.07 Å². The van der Waals surface area contributed by atoms with Gasteiger partial charge in [0.15, 0.2) is 0 Å². The number of aliphatic carboxylic acids is 1. The van der Waals surface area contributed by atoms with Gasteiger partial charge in [-0.15, -0.1) is 0 Å². The summed E-state index contributed by atoms with van der Waals surface area (Å²) < 4.78 is 25.0. The Morgan fingerprint density at radius 3 is 2.67 bits per heavy atom. The van der Waals surface area contributed by atoms with Crippen molar-refractivity contribution in [2.45, 2.75) is 12.8 Å². The third-order valence-electron chi connectivity index (χ3n) is 1.67. The van der Waals surface area contributed by atoms with Gasteiger partial charge in [-0.2, -0.15) is 0 Å². The number of carboxylic acid groups (broad SMARTS) is 1. The lowest BCUT2D eigenvalue weighted by atomic mass is 10.1. The largest absolute Gasteiger partial charge is 0.481 e. The van der Waals surface area contributed by atoms with Gasteiger partial charge in [-0.05, 0) is 34.2 Å². The van der Waals surface area contributed by atoms with Gasteiger partial charge in [0, 0.05) is 0 Å². The number of pyridine rings is 1. The summed E-state index contributed by atoms with van der Waals surface area (Å²) in [5.41, 5.74) is -1.33. The number of nitrogens with one attached hydrogen (secondary N) is 1. The van der Waals surface area contributed by atoms with E-state index in [1.165, 1.54) is 0 Å². The van der Waals surface area contributed by atoms with Gasteiger partial charge in [0.25, 0.3) is 12.0 Å². The summed E-state index contributed by atoms with van der Waals surface area (Å²) in [6.45, 7) is 0. The van der Waals surface area contributed by atoms with Crippen LogP contribution in [0.1, 0.15) is 17.7 Å². The highest BCUT2D eigenvalue weighted by atomic mass is 127. The highest BCUT2D eigenvalue weighted by Gasteiger charge is 2.17. The second-order valence-corrected chi connectivity index (χ2v) is 3.92. The number of aromatic nitrogens is 1. The van der Waals surface area contributed by atoms with Crippen molar-refractivity contribution in [2.75, 3.05) is 0 Å². The first-order chi connectivity index (χ1) is 6.91. The SMILES string of the molecule is O=C(O)Cc1cc(I)c(=O)[nH]c1C(F)F. The molecule has 0 saturated carbocycles. The van der Waals surface area contributed by atoms with E-state index in [9.17, 15) is 18.4 Å². The van der Waals surface area contributed by atoms with Crippen LogP contribution in [0.4, 0.5) is 8.78 Å². The lowest BCUT2D eigenvalue weighted by Crippen LogP contribution is -2.16. The fraction of sp³-hybridized carbons (Fsp3) is 0.250. The van der Waals surface area contributed by atoms with E-state index >= 15 is 0 Å². The van der Waals surface area contributed by atoms with E-state index in [0.29, 0.717) is 0 Å². The molecule has 1 heterocycles. The van der Waals surface area contributed by atoms with Crippen LogP contribution in [0.3, 0.4) is 0 Å². The monoisotopic (exact) mass is 329 g/mol. The number of carbonyl (C=O) groups is 1. The number of hydrogen-bond donors (Lipinski definition) is 2. The average Bonchev–Trinajstić information content (AvgIpc) is 2.09. The van der Waals surface area contributed by atoms with Crippen LogP contribution < -0.4 is 5.56 Å². The van der Waals surface area contributed by atoms with Crippen molar-refractivity contribution in [1.82, 2.24) is 4.98 Å². The van der Waals surface area contributed by atoms with E-state index in [4.69, 9.17) is 5.11 Å². The maximum absolute atomic E-state index is 12.4. The maximum atomic E-state index is 12.4. The Balaban J connectivity index is 3.28. The average molecular weight is 329 g/mol. The van der Waals surface area contributed by atoms with Crippen molar-refractivity contribution < 1.29 is 18.7 Å². The summed E-state index contributed by atoms with van der Waals surface area (Å²) in [6.07, 6.45) is -3.42. The normalized spacial score (nSPS) is 10.7. The van der Waals surface area contributed by atoms with Crippen molar-refractivity contribution >= 4 is 28.6 Å². The predicted molar refractivity (Wildman–Crippen MR) is 56.1 cm³/mol. The fourth-order valence-electron chi connectivity index (χ4n) is 1.06. The van der Waals surface area contributed by atoms with Gasteiger partial charge in [-0.1, -0.05) is 0 Å². The van der Waals surface area contributed by atoms with Crippen LogP contribution in [0.25, 0.3) is 0 Å². The molecule has 1 aromatic heterocycles. The molecule has 0 bridgehead atoms. The van der Waals surface area contributed by atoms with Gasteiger partial charge in [-0.3, -0.25) is 9.59 Å². The first-order valence-corrected chi connectivity index (χ1v) is 4.91. The number of carboxylic acids is 1. The van der Waals surface area contributed by atoms with Gasteiger partial charge in [0.2, 0.25) is 0 Å². The molecule has 0 saturated heterocycles. The molecule has 4 nitrogen and oxygen atoms in total. The molecule has 0 spiro atoms. The van der Waals surface area contributed by atoms with Crippen molar-refractivity contribution in [3.63, 3.8) is 0 Å². The van der Waals surface area contributed by atoms with Gasteiger partial charge >= 0.3 is 5.97 Å². The number of halogens is 3. The third kappa shape index (κ3) is 2.98. The highest BCUT2D eigenvalue weighted by Crippen LogP contribution is 2.20. The lowest BCUT2D eigenvalue weighted by molar-refractivity contribution is -0.136. The van der Waals surface area contributed by atoms with Crippen LogP contribution in [0.5, 0.6) is 0 Å². The molecule has 1 rings (SSSR count). The molecule has 0 fully saturated rings. The Morgan fingerprint density at radius 1 is 1.60 bits per heavy atom. The zero-order valence-corrected chi connectivity index (χ0v) is 9.42. The minimum Gasteiger partial charge on any atom is -0.481 e.